The summed E-state index contributed by atoms with van der Waals surface area (Å²) in [5.41, 5.74) is 1.56. The molecule has 0 saturated carbocycles. The molecule has 8 nitrogen and oxygen atoms in total. The number of fused-ring (bicyclic) bond motifs is 1. The summed E-state index contributed by atoms with van der Waals surface area (Å²) >= 11 is 0. The molecule has 0 spiro atoms. The highest BCUT2D eigenvalue weighted by molar-refractivity contribution is 6.00. The van der Waals surface area contributed by atoms with E-state index in [9.17, 15) is 18.0 Å². The number of hydrogen-bond donors (Lipinski definition) is 1. The van der Waals surface area contributed by atoms with E-state index in [0.717, 1.165) is 12.8 Å². The van der Waals surface area contributed by atoms with Crippen LogP contribution in [0.25, 0.3) is 22.0 Å². The zero-order valence-electron chi connectivity index (χ0n) is 27.9. The summed E-state index contributed by atoms with van der Waals surface area (Å²) in [6.07, 6.45) is -0.988. The van der Waals surface area contributed by atoms with E-state index < -0.39 is 30.4 Å². The Hall–Kier alpha value is -4.45. The molecule has 1 atom stereocenters. The fourth-order valence-corrected chi connectivity index (χ4v) is 6.45. The lowest BCUT2D eigenvalue weighted by atomic mass is 9.88. The predicted octanol–water partition coefficient (Wildman–Crippen LogP) is 8.99. The van der Waals surface area contributed by atoms with Gasteiger partial charge < -0.3 is 19.7 Å². The first-order chi connectivity index (χ1) is 23.3. The summed E-state index contributed by atoms with van der Waals surface area (Å²) in [5.74, 6) is -0.149. The molecule has 2 aromatic heterocycles. The van der Waals surface area contributed by atoms with E-state index in [1.165, 1.54) is 4.68 Å². The van der Waals surface area contributed by atoms with Crippen LogP contribution in [0.1, 0.15) is 82.2 Å². The quantitative estimate of drug-likeness (QED) is 0.155. The zero-order valence-corrected chi connectivity index (χ0v) is 27.9. The van der Waals surface area contributed by atoms with Gasteiger partial charge in [0.25, 0.3) is 0 Å². The number of nitrogens with one attached hydrogen (secondary N) is 1. The normalized spacial score (nSPS) is 18.3. The van der Waals surface area contributed by atoms with Gasteiger partial charge in [0.15, 0.2) is 6.23 Å². The lowest BCUT2D eigenvalue weighted by molar-refractivity contribution is -0.122. The largest absolute Gasteiger partial charge is 0.444 e. The first-order valence-electron chi connectivity index (χ1n) is 16.7. The van der Waals surface area contributed by atoms with Gasteiger partial charge in [-0.15, -0.1) is 5.10 Å². The van der Waals surface area contributed by atoms with Crippen molar-refractivity contribution in [2.75, 3.05) is 25.0 Å². The summed E-state index contributed by atoms with van der Waals surface area (Å²) in [7, 11) is 0. The van der Waals surface area contributed by atoms with E-state index in [4.69, 9.17) is 9.47 Å². The lowest BCUT2D eigenvalue weighted by Gasteiger charge is -2.33. The minimum absolute atomic E-state index is 0.0484. The standard InChI is InChI=1S/C37H41F4N5O3/c1-36(2,3)49-35(47)45-18-16-27(17-19-45)43-31-15-13-26(23-42-31)33(29(22-37(39,40)41)24-9-5-4-6-10-24)25-12-14-30-28(21-25)34(38)44-46(30)32-11-7-8-20-48-32/h4-6,9-10,12-15,21,23,27,32H,7-8,11,16-20,22H2,1-3H3,(H,42,43)/b33-29-. The van der Waals surface area contributed by atoms with Gasteiger partial charge in [0.1, 0.15) is 11.4 Å². The molecule has 260 valence electrons. The number of benzene rings is 2. The van der Waals surface area contributed by atoms with Crippen molar-refractivity contribution in [3.8, 4) is 0 Å². The van der Waals surface area contributed by atoms with Crippen molar-refractivity contribution in [1.82, 2.24) is 19.7 Å². The topological polar surface area (TPSA) is 81.5 Å². The fourth-order valence-electron chi connectivity index (χ4n) is 6.45. The number of rotatable bonds is 7. The van der Waals surface area contributed by atoms with E-state index in [1.807, 2.05) is 20.8 Å². The fraction of sp³-hybridized carbons (Fsp3) is 0.432. The molecule has 2 aliphatic rings. The van der Waals surface area contributed by atoms with Crippen LogP contribution in [0.4, 0.5) is 28.2 Å². The second kappa shape index (κ2) is 14.2. The van der Waals surface area contributed by atoms with Gasteiger partial charge in [0, 0.05) is 37.5 Å². The monoisotopic (exact) mass is 679 g/mol. The molecule has 4 aromatic rings. The number of carbonyl (C=O) groups is 1. The third-order valence-electron chi connectivity index (χ3n) is 8.73. The third kappa shape index (κ3) is 8.41. The number of hydrogen-bond acceptors (Lipinski definition) is 6. The highest BCUT2D eigenvalue weighted by Gasteiger charge is 2.32. The predicted molar refractivity (Wildman–Crippen MR) is 180 cm³/mol. The van der Waals surface area contributed by atoms with Crippen molar-refractivity contribution in [2.24, 2.45) is 0 Å². The number of alkyl halides is 3. The Morgan fingerprint density at radius 2 is 1.69 bits per heavy atom. The van der Waals surface area contributed by atoms with Crippen LogP contribution in [-0.4, -0.2) is 63.3 Å². The van der Waals surface area contributed by atoms with Crippen molar-refractivity contribution < 1.29 is 31.8 Å². The third-order valence-corrected chi connectivity index (χ3v) is 8.73. The highest BCUT2D eigenvalue weighted by atomic mass is 19.4. The maximum atomic E-state index is 15.4. The number of likely N-dealkylation sites (tertiary alicyclic amines) is 1. The van der Waals surface area contributed by atoms with Crippen LogP contribution in [0.3, 0.4) is 0 Å². The minimum atomic E-state index is -4.52. The molecular formula is C37H41F4N5O3. The Kier molecular flexibility index (Phi) is 9.96. The average molecular weight is 680 g/mol. The molecule has 1 unspecified atom stereocenters. The summed E-state index contributed by atoms with van der Waals surface area (Å²) < 4.78 is 70.9. The van der Waals surface area contributed by atoms with Crippen molar-refractivity contribution in [2.45, 2.75) is 83.3 Å². The summed E-state index contributed by atoms with van der Waals surface area (Å²) in [6, 6.07) is 16.9. The molecule has 2 saturated heterocycles. The maximum Gasteiger partial charge on any atom is 0.410 e. The zero-order chi connectivity index (χ0) is 34.8. The SMILES string of the molecule is CC(C)(C)OC(=O)N1CCC(Nc2ccc(/C(=C(/CC(F)(F)F)c3ccccc3)c3ccc4c(c3)c(F)nn4C3CCCCO3)cn2)CC1. The molecule has 49 heavy (non-hydrogen) atoms. The van der Waals surface area contributed by atoms with Crippen LogP contribution in [0.15, 0.2) is 66.9 Å². The summed E-state index contributed by atoms with van der Waals surface area (Å²) in [4.78, 5) is 18.8. The smallest absolute Gasteiger partial charge is 0.410 e. The van der Waals surface area contributed by atoms with E-state index in [-0.39, 0.29) is 23.1 Å². The van der Waals surface area contributed by atoms with Gasteiger partial charge in [-0.3, -0.25) is 0 Å². The van der Waals surface area contributed by atoms with Crippen molar-refractivity contribution in [3.05, 3.63) is 89.5 Å². The second-order valence-corrected chi connectivity index (χ2v) is 13.6. The number of carbonyl (C=O) groups excluding carboxylic acids is 1. The maximum absolute atomic E-state index is 15.4. The molecule has 4 heterocycles. The molecule has 2 aliphatic heterocycles. The first-order valence-corrected chi connectivity index (χ1v) is 16.7. The number of piperidine rings is 1. The highest BCUT2D eigenvalue weighted by Crippen LogP contribution is 2.40. The van der Waals surface area contributed by atoms with Crippen molar-refractivity contribution in [3.63, 3.8) is 0 Å². The Morgan fingerprint density at radius 1 is 0.959 bits per heavy atom. The number of ether oxygens (including phenoxy) is 2. The van der Waals surface area contributed by atoms with E-state index in [0.29, 0.717) is 72.6 Å². The van der Waals surface area contributed by atoms with Crippen LogP contribution in [0.2, 0.25) is 0 Å². The number of allylic oxidation sites excluding steroid dienone is 1. The summed E-state index contributed by atoms with van der Waals surface area (Å²) in [5, 5.41) is 7.73. The van der Waals surface area contributed by atoms with Crippen molar-refractivity contribution in [1.29, 1.82) is 0 Å². The van der Waals surface area contributed by atoms with E-state index in [1.54, 1.807) is 71.8 Å². The molecule has 0 aliphatic carbocycles. The number of pyridine rings is 1. The summed E-state index contributed by atoms with van der Waals surface area (Å²) in [6.45, 7) is 7.10. The first kappa shape index (κ1) is 34.4. The lowest BCUT2D eigenvalue weighted by Crippen LogP contribution is -2.44. The number of amides is 1. The minimum Gasteiger partial charge on any atom is -0.444 e. The Bertz CT molecular complexity index is 1790. The number of anilines is 1. The van der Waals surface area contributed by atoms with Crippen LogP contribution in [0.5, 0.6) is 0 Å². The molecule has 0 bridgehead atoms. The number of halogens is 4. The van der Waals surface area contributed by atoms with E-state index >= 15 is 4.39 Å². The number of aromatic nitrogens is 3. The molecular weight excluding hydrogens is 638 g/mol. The van der Waals surface area contributed by atoms with Gasteiger partial charge in [-0.25, -0.2) is 14.5 Å². The Morgan fingerprint density at radius 3 is 2.33 bits per heavy atom. The van der Waals surface area contributed by atoms with Crippen LogP contribution in [0, 0.1) is 5.95 Å². The molecule has 12 heteroatoms. The van der Waals surface area contributed by atoms with Gasteiger partial charge in [-0.05, 0) is 99.4 Å². The van der Waals surface area contributed by atoms with Crippen LogP contribution in [-0.2, 0) is 9.47 Å². The molecule has 2 aromatic carbocycles. The second-order valence-electron chi connectivity index (χ2n) is 13.6. The van der Waals surface area contributed by atoms with Gasteiger partial charge in [0.05, 0.1) is 17.3 Å². The van der Waals surface area contributed by atoms with Gasteiger partial charge in [-0.2, -0.15) is 17.6 Å². The van der Waals surface area contributed by atoms with Crippen LogP contribution >= 0.6 is 0 Å². The average Bonchev–Trinajstić information content (AvgIpc) is 3.40. The molecule has 1 N–H and O–H groups in total. The molecule has 1 amide bonds. The van der Waals surface area contributed by atoms with Gasteiger partial charge in [-0.1, -0.05) is 36.4 Å². The molecule has 6 rings (SSSR count). The Labute approximate surface area is 283 Å². The van der Waals surface area contributed by atoms with Gasteiger partial charge in [0.2, 0.25) is 5.95 Å². The molecule has 2 fully saturated rings. The number of nitrogens with zero attached hydrogens (tertiary/aromatic N) is 4. The Balaban J connectivity index is 1.33. The van der Waals surface area contributed by atoms with Crippen molar-refractivity contribution >= 4 is 34.0 Å². The van der Waals surface area contributed by atoms with E-state index in [2.05, 4.69) is 15.4 Å². The van der Waals surface area contributed by atoms with Crippen LogP contribution < -0.4 is 5.32 Å². The molecule has 0 radical (unpaired) electrons. The van der Waals surface area contributed by atoms with Gasteiger partial charge >= 0.3 is 12.3 Å².